The molecule has 0 heterocycles. The Labute approximate surface area is 156 Å². The first-order valence-electron chi connectivity index (χ1n) is 10.9. The lowest BCUT2D eigenvalue weighted by molar-refractivity contribution is 0.0979. The molecule has 0 unspecified atom stereocenters. The standard InChI is InChI=1S/C24H40O/c1-3-5-7-8-9-10-11-12-13-14-15-17-24(25)23-20-18-22(19-21-23)16-6-4-2/h18-21H,3-17H2,1-2H3. The van der Waals surface area contributed by atoms with Gasteiger partial charge in [0.15, 0.2) is 5.78 Å². The van der Waals surface area contributed by atoms with Gasteiger partial charge in [-0.2, -0.15) is 0 Å². The number of rotatable bonds is 16. The topological polar surface area (TPSA) is 17.1 Å². The Morgan fingerprint density at radius 1 is 0.640 bits per heavy atom. The number of carbonyl (C=O) groups excluding carboxylic acids is 1. The van der Waals surface area contributed by atoms with E-state index in [1.807, 2.05) is 12.1 Å². The van der Waals surface area contributed by atoms with E-state index in [-0.39, 0.29) is 0 Å². The summed E-state index contributed by atoms with van der Waals surface area (Å²) in [6, 6.07) is 8.30. The van der Waals surface area contributed by atoms with E-state index >= 15 is 0 Å². The lowest BCUT2D eigenvalue weighted by Crippen LogP contribution is -1.99. The summed E-state index contributed by atoms with van der Waals surface area (Å²) in [5, 5.41) is 0. The van der Waals surface area contributed by atoms with Gasteiger partial charge in [0, 0.05) is 12.0 Å². The highest BCUT2D eigenvalue weighted by Crippen LogP contribution is 2.14. The van der Waals surface area contributed by atoms with Crippen molar-refractivity contribution in [3.05, 3.63) is 35.4 Å². The molecule has 0 aliphatic heterocycles. The summed E-state index contributed by atoms with van der Waals surface area (Å²) in [6.07, 6.45) is 18.9. The summed E-state index contributed by atoms with van der Waals surface area (Å²) in [4.78, 5) is 12.2. The number of benzene rings is 1. The third-order valence-electron chi connectivity index (χ3n) is 5.10. The monoisotopic (exact) mass is 344 g/mol. The predicted octanol–water partition coefficient (Wildman–Crippen LogP) is 7.91. The highest BCUT2D eigenvalue weighted by atomic mass is 16.1. The van der Waals surface area contributed by atoms with E-state index in [1.54, 1.807) is 0 Å². The molecule has 0 atom stereocenters. The third kappa shape index (κ3) is 11.2. The van der Waals surface area contributed by atoms with Crippen LogP contribution in [0, 0.1) is 0 Å². The quantitative estimate of drug-likeness (QED) is 0.220. The summed E-state index contributed by atoms with van der Waals surface area (Å²) in [6.45, 7) is 4.48. The molecule has 0 aliphatic rings. The smallest absolute Gasteiger partial charge is 0.162 e. The number of Topliss-reactive ketones (excluding diaryl/α,β-unsaturated/α-hetero) is 1. The molecule has 0 amide bonds. The van der Waals surface area contributed by atoms with Crippen LogP contribution < -0.4 is 0 Å². The number of unbranched alkanes of at least 4 members (excludes halogenated alkanes) is 11. The van der Waals surface area contributed by atoms with E-state index in [2.05, 4.69) is 26.0 Å². The van der Waals surface area contributed by atoms with Gasteiger partial charge in [-0.05, 0) is 24.8 Å². The Kier molecular flexibility index (Phi) is 13.3. The molecule has 0 aliphatic carbocycles. The maximum absolute atomic E-state index is 12.2. The van der Waals surface area contributed by atoms with Gasteiger partial charge in [0.05, 0.1) is 0 Å². The van der Waals surface area contributed by atoms with Gasteiger partial charge < -0.3 is 0 Å². The van der Waals surface area contributed by atoms with E-state index in [0.717, 1.165) is 18.4 Å². The van der Waals surface area contributed by atoms with E-state index < -0.39 is 0 Å². The molecule has 0 saturated heterocycles. The average Bonchev–Trinajstić information content (AvgIpc) is 2.64. The summed E-state index contributed by atoms with van der Waals surface area (Å²) < 4.78 is 0. The molecule has 0 spiro atoms. The first kappa shape index (κ1) is 21.9. The summed E-state index contributed by atoms with van der Waals surface area (Å²) >= 11 is 0. The van der Waals surface area contributed by atoms with Crippen molar-refractivity contribution in [2.24, 2.45) is 0 Å². The van der Waals surface area contributed by atoms with Crippen LogP contribution in [0.3, 0.4) is 0 Å². The van der Waals surface area contributed by atoms with Crippen LogP contribution >= 0.6 is 0 Å². The zero-order valence-electron chi connectivity index (χ0n) is 16.8. The highest BCUT2D eigenvalue weighted by molar-refractivity contribution is 5.96. The molecule has 1 aromatic rings. The zero-order valence-corrected chi connectivity index (χ0v) is 16.8. The van der Waals surface area contributed by atoms with Gasteiger partial charge in [0.25, 0.3) is 0 Å². The molecule has 1 rings (SSSR count). The van der Waals surface area contributed by atoms with Crippen LogP contribution in [0.25, 0.3) is 0 Å². The van der Waals surface area contributed by atoms with Crippen LogP contribution in [-0.4, -0.2) is 5.78 Å². The molecule has 1 heteroatoms. The van der Waals surface area contributed by atoms with E-state index in [1.165, 1.54) is 82.6 Å². The molecule has 0 saturated carbocycles. The molecule has 25 heavy (non-hydrogen) atoms. The highest BCUT2D eigenvalue weighted by Gasteiger charge is 2.05. The van der Waals surface area contributed by atoms with Crippen molar-refractivity contribution < 1.29 is 4.79 Å². The fraction of sp³-hybridized carbons (Fsp3) is 0.708. The molecule has 0 bridgehead atoms. The minimum atomic E-state index is 0.318. The van der Waals surface area contributed by atoms with Crippen LogP contribution in [-0.2, 0) is 6.42 Å². The molecular formula is C24H40O. The summed E-state index contributed by atoms with van der Waals surface area (Å²) in [5.74, 6) is 0.318. The lowest BCUT2D eigenvalue weighted by atomic mass is 10.0. The second-order valence-corrected chi connectivity index (χ2v) is 7.51. The summed E-state index contributed by atoms with van der Waals surface area (Å²) in [7, 11) is 0. The van der Waals surface area contributed by atoms with E-state index in [9.17, 15) is 4.79 Å². The van der Waals surface area contributed by atoms with Gasteiger partial charge in [-0.15, -0.1) is 0 Å². The van der Waals surface area contributed by atoms with Crippen molar-refractivity contribution in [1.29, 1.82) is 0 Å². The van der Waals surface area contributed by atoms with Crippen LogP contribution in [0.2, 0.25) is 0 Å². The maximum Gasteiger partial charge on any atom is 0.162 e. The second-order valence-electron chi connectivity index (χ2n) is 7.51. The minimum absolute atomic E-state index is 0.318. The van der Waals surface area contributed by atoms with Crippen molar-refractivity contribution in [2.45, 2.75) is 110 Å². The number of hydrogen-bond donors (Lipinski definition) is 0. The SMILES string of the molecule is CCCCCCCCCCCCCC(=O)c1ccc(CCCC)cc1. The largest absolute Gasteiger partial charge is 0.294 e. The van der Waals surface area contributed by atoms with Gasteiger partial charge in [-0.25, -0.2) is 0 Å². The maximum atomic E-state index is 12.2. The van der Waals surface area contributed by atoms with Gasteiger partial charge in [0.2, 0.25) is 0 Å². The Bertz CT molecular complexity index is 432. The molecule has 0 fully saturated rings. The van der Waals surface area contributed by atoms with Gasteiger partial charge in [-0.3, -0.25) is 4.79 Å². The molecule has 0 aromatic heterocycles. The van der Waals surface area contributed by atoms with Crippen molar-refractivity contribution in [3.8, 4) is 0 Å². The van der Waals surface area contributed by atoms with Crippen molar-refractivity contribution in [3.63, 3.8) is 0 Å². The van der Waals surface area contributed by atoms with E-state index in [0.29, 0.717) is 12.2 Å². The fourth-order valence-corrected chi connectivity index (χ4v) is 3.33. The molecule has 142 valence electrons. The average molecular weight is 345 g/mol. The number of aryl methyl sites for hydroxylation is 1. The first-order valence-corrected chi connectivity index (χ1v) is 10.9. The normalized spacial score (nSPS) is 11.0. The molecule has 0 N–H and O–H groups in total. The number of ketones is 1. The van der Waals surface area contributed by atoms with Gasteiger partial charge >= 0.3 is 0 Å². The van der Waals surface area contributed by atoms with Crippen molar-refractivity contribution >= 4 is 5.78 Å². The molecular weight excluding hydrogens is 304 g/mol. The van der Waals surface area contributed by atoms with Crippen molar-refractivity contribution in [1.82, 2.24) is 0 Å². The molecule has 1 aromatic carbocycles. The second kappa shape index (κ2) is 15.2. The first-order chi connectivity index (χ1) is 12.3. The Morgan fingerprint density at radius 2 is 1.12 bits per heavy atom. The Morgan fingerprint density at radius 3 is 1.64 bits per heavy atom. The fourth-order valence-electron chi connectivity index (χ4n) is 3.33. The van der Waals surface area contributed by atoms with E-state index in [4.69, 9.17) is 0 Å². The predicted molar refractivity (Wildman–Crippen MR) is 110 cm³/mol. The van der Waals surface area contributed by atoms with Crippen LogP contribution in [0.1, 0.15) is 120 Å². The van der Waals surface area contributed by atoms with Crippen LogP contribution in [0.4, 0.5) is 0 Å². The lowest BCUT2D eigenvalue weighted by Gasteiger charge is -2.04. The van der Waals surface area contributed by atoms with Gasteiger partial charge in [-0.1, -0.05) is 109 Å². The zero-order chi connectivity index (χ0) is 18.2. The minimum Gasteiger partial charge on any atom is -0.294 e. The molecule has 1 nitrogen and oxygen atoms in total. The van der Waals surface area contributed by atoms with Gasteiger partial charge in [0.1, 0.15) is 0 Å². The Hall–Kier alpha value is -1.11. The third-order valence-corrected chi connectivity index (χ3v) is 5.10. The van der Waals surface area contributed by atoms with Crippen LogP contribution in [0.15, 0.2) is 24.3 Å². The summed E-state index contributed by atoms with van der Waals surface area (Å²) in [5.41, 5.74) is 2.25. The number of hydrogen-bond acceptors (Lipinski definition) is 1. The van der Waals surface area contributed by atoms with Crippen molar-refractivity contribution in [2.75, 3.05) is 0 Å². The molecule has 0 radical (unpaired) electrons. The van der Waals surface area contributed by atoms with Crippen LogP contribution in [0.5, 0.6) is 0 Å². The Balaban J connectivity index is 2.01. The number of carbonyl (C=O) groups is 1.